The van der Waals surface area contributed by atoms with Crippen LogP contribution >= 0.6 is 0 Å². The van der Waals surface area contributed by atoms with E-state index in [9.17, 15) is 9.59 Å². The van der Waals surface area contributed by atoms with Crippen molar-refractivity contribution in [3.05, 3.63) is 54.2 Å². The van der Waals surface area contributed by atoms with Crippen molar-refractivity contribution in [3.8, 4) is 6.01 Å². The molecule has 2 aliphatic heterocycles. The standard InChI is InChI=1S/C30H39N7O3/c1-5-27(39)36-13-7-8-21(19-36)16-26(38)22-9-6-10-23(17-22)32-29-34-30(40-24-11-14-35(4)15-12-24)33-28-25(20(2)3)18-31-37(28)29/h5-6,9-10,17-18,20-21,24H,1,7-8,11-16,19H2,2-4H3,(H,32,33,34). The molecule has 1 amide bonds. The molecule has 2 aliphatic rings. The lowest BCUT2D eigenvalue weighted by Gasteiger charge is -2.31. The second-order valence-corrected chi connectivity index (χ2v) is 11.3. The number of aromatic nitrogens is 4. The van der Waals surface area contributed by atoms with Crippen LogP contribution < -0.4 is 10.1 Å². The Morgan fingerprint density at radius 3 is 2.73 bits per heavy atom. The summed E-state index contributed by atoms with van der Waals surface area (Å²) in [6.45, 7) is 11.1. The summed E-state index contributed by atoms with van der Waals surface area (Å²) in [7, 11) is 2.12. The number of likely N-dealkylation sites (tertiary alicyclic amines) is 2. The number of piperidine rings is 2. The third-order valence-corrected chi connectivity index (χ3v) is 7.85. The van der Waals surface area contributed by atoms with Crippen molar-refractivity contribution >= 4 is 29.0 Å². The summed E-state index contributed by atoms with van der Waals surface area (Å²) < 4.78 is 7.95. The second kappa shape index (κ2) is 12.2. The highest BCUT2D eigenvalue weighted by molar-refractivity contribution is 5.97. The summed E-state index contributed by atoms with van der Waals surface area (Å²) in [6, 6.07) is 7.77. The zero-order valence-corrected chi connectivity index (χ0v) is 23.7. The smallest absolute Gasteiger partial charge is 0.322 e. The number of fused-ring (bicyclic) bond motifs is 1. The molecular weight excluding hydrogens is 506 g/mol. The van der Waals surface area contributed by atoms with Gasteiger partial charge in [0.05, 0.1) is 6.20 Å². The minimum Gasteiger partial charge on any atom is -0.460 e. The number of Topliss-reactive ketones (excluding diaryl/α,β-unsaturated/α-hetero) is 1. The van der Waals surface area contributed by atoms with Gasteiger partial charge in [0.1, 0.15) is 6.10 Å². The minimum absolute atomic E-state index is 0.0573. The van der Waals surface area contributed by atoms with E-state index in [4.69, 9.17) is 14.7 Å². The van der Waals surface area contributed by atoms with Gasteiger partial charge in [-0.15, -0.1) is 0 Å². The Bertz CT molecular complexity index is 1380. The molecule has 3 aromatic rings. The predicted molar refractivity (Wildman–Crippen MR) is 154 cm³/mol. The van der Waals surface area contributed by atoms with E-state index in [-0.39, 0.29) is 29.6 Å². The number of benzene rings is 1. The molecule has 1 atom stereocenters. The summed E-state index contributed by atoms with van der Waals surface area (Å²) in [4.78, 5) is 38.8. The van der Waals surface area contributed by atoms with E-state index in [2.05, 4.69) is 42.8 Å². The van der Waals surface area contributed by atoms with Crippen molar-refractivity contribution < 1.29 is 14.3 Å². The number of ether oxygens (including phenoxy) is 1. The number of nitrogens with one attached hydrogen (secondary N) is 1. The van der Waals surface area contributed by atoms with Crippen LogP contribution in [0.15, 0.2) is 43.1 Å². The van der Waals surface area contributed by atoms with Crippen LogP contribution in [0.5, 0.6) is 6.01 Å². The van der Waals surface area contributed by atoms with Crippen LogP contribution in [0.4, 0.5) is 11.6 Å². The van der Waals surface area contributed by atoms with Crippen LogP contribution in [0.2, 0.25) is 0 Å². The molecule has 10 nitrogen and oxygen atoms in total. The number of carbonyl (C=O) groups excluding carboxylic acids is 2. The van der Waals surface area contributed by atoms with Gasteiger partial charge in [-0.25, -0.2) is 0 Å². The lowest BCUT2D eigenvalue weighted by Crippen LogP contribution is -2.39. The van der Waals surface area contributed by atoms with Gasteiger partial charge in [-0.2, -0.15) is 19.6 Å². The van der Waals surface area contributed by atoms with E-state index in [1.807, 2.05) is 30.5 Å². The third kappa shape index (κ3) is 6.33. The number of rotatable bonds is 9. The van der Waals surface area contributed by atoms with E-state index in [0.717, 1.165) is 56.6 Å². The van der Waals surface area contributed by atoms with Crippen LogP contribution in [-0.4, -0.2) is 80.4 Å². The number of anilines is 2. The van der Waals surface area contributed by atoms with Crippen LogP contribution in [0.25, 0.3) is 5.65 Å². The van der Waals surface area contributed by atoms with E-state index in [1.54, 1.807) is 9.42 Å². The second-order valence-electron chi connectivity index (χ2n) is 11.3. The minimum atomic E-state index is -0.0714. The number of nitrogens with zero attached hydrogens (tertiary/aromatic N) is 6. The highest BCUT2D eigenvalue weighted by Gasteiger charge is 2.25. The van der Waals surface area contributed by atoms with Crippen molar-refractivity contribution in [1.29, 1.82) is 0 Å². The average Bonchev–Trinajstić information content (AvgIpc) is 3.39. The topological polar surface area (TPSA) is 105 Å². The highest BCUT2D eigenvalue weighted by Crippen LogP contribution is 2.27. The first-order chi connectivity index (χ1) is 19.3. The predicted octanol–water partition coefficient (Wildman–Crippen LogP) is 4.46. The zero-order chi connectivity index (χ0) is 28.2. The largest absolute Gasteiger partial charge is 0.460 e. The summed E-state index contributed by atoms with van der Waals surface area (Å²) >= 11 is 0. The molecule has 10 heteroatoms. The van der Waals surface area contributed by atoms with Crippen molar-refractivity contribution in [3.63, 3.8) is 0 Å². The van der Waals surface area contributed by atoms with Crippen molar-refractivity contribution in [2.24, 2.45) is 5.92 Å². The van der Waals surface area contributed by atoms with Gasteiger partial charge >= 0.3 is 6.01 Å². The van der Waals surface area contributed by atoms with Crippen LogP contribution in [0.3, 0.4) is 0 Å². The Labute approximate surface area is 235 Å². The summed E-state index contributed by atoms with van der Waals surface area (Å²) in [5.74, 6) is 0.839. The number of hydrogen-bond donors (Lipinski definition) is 1. The normalized spacial score (nSPS) is 18.7. The van der Waals surface area contributed by atoms with Gasteiger partial charge in [0.25, 0.3) is 0 Å². The number of ketones is 1. The summed E-state index contributed by atoms with van der Waals surface area (Å²) in [6.07, 6.45) is 7.31. The maximum Gasteiger partial charge on any atom is 0.322 e. The Morgan fingerprint density at radius 1 is 1.18 bits per heavy atom. The fraction of sp³-hybridized carbons (Fsp3) is 0.500. The average molecular weight is 546 g/mol. The third-order valence-electron chi connectivity index (χ3n) is 7.85. The molecular formula is C30H39N7O3. The molecule has 1 N–H and O–H groups in total. The fourth-order valence-corrected chi connectivity index (χ4v) is 5.51. The highest BCUT2D eigenvalue weighted by atomic mass is 16.5. The maximum absolute atomic E-state index is 13.2. The van der Waals surface area contributed by atoms with Crippen LogP contribution in [0, 0.1) is 5.92 Å². The lowest BCUT2D eigenvalue weighted by molar-refractivity contribution is -0.127. The van der Waals surface area contributed by atoms with Crippen LogP contribution in [-0.2, 0) is 4.79 Å². The molecule has 4 heterocycles. The first-order valence-electron chi connectivity index (χ1n) is 14.2. The first-order valence-corrected chi connectivity index (χ1v) is 14.2. The summed E-state index contributed by atoms with van der Waals surface area (Å²) in [5, 5.41) is 7.92. The molecule has 0 aliphatic carbocycles. The van der Waals surface area contributed by atoms with E-state index in [0.29, 0.717) is 36.1 Å². The molecule has 2 fully saturated rings. The Morgan fingerprint density at radius 2 is 1.98 bits per heavy atom. The van der Waals surface area contributed by atoms with Gasteiger partial charge in [0, 0.05) is 49.4 Å². The molecule has 0 saturated carbocycles. The monoisotopic (exact) mass is 545 g/mol. The molecule has 0 radical (unpaired) electrons. The van der Waals surface area contributed by atoms with Gasteiger partial charge < -0.3 is 19.9 Å². The van der Waals surface area contributed by atoms with Crippen molar-refractivity contribution in [2.75, 3.05) is 38.5 Å². The van der Waals surface area contributed by atoms with Crippen molar-refractivity contribution in [2.45, 2.75) is 58.0 Å². The zero-order valence-electron chi connectivity index (χ0n) is 23.7. The molecule has 2 saturated heterocycles. The summed E-state index contributed by atoms with van der Waals surface area (Å²) in [5.41, 5.74) is 3.07. The quantitative estimate of drug-likeness (QED) is 0.310. The van der Waals surface area contributed by atoms with Gasteiger partial charge in [-0.3, -0.25) is 9.59 Å². The Balaban J connectivity index is 1.35. The Kier molecular flexibility index (Phi) is 8.44. The fourth-order valence-electron chi connectivity index (χ4n) is 5.51. The van der Waals surface area contributed by atoms with Gasteiger partial charge in [-0.1, -0.05) is 32.6 Å². The molecule has 0 bridgehead atoms. The lowest BCUT2D eigenvalue weighted by atomic mass is 9.90. The molecule has 1 aromatic carbocycles. The molecule has 40 heavy (non-hydrogen) atoms. The van der Waals surface area contributed by atoms with Gasteiger partial charge in [0.2, 0.25) is 11.9 Å². The maximum atomic E-state index is 13.2. The molecule has 2 aromatic heterocycles. The number of amides is 1. The molecule has 5 rings (SSSR count). The van der Waals surface area contributed by atoms with Crippen molar-refractivity contribution in [1.82, 2.24) is 29.4 Å². The van der Waals surface area contributed by atoms with E-state index in [1.165, 1.54) is 6.08 Å². The molecule has 1 unspecified atom stereocenters. The Hall–Kier alpha value is -3.79. The van der Waals surface area contributed by atoms with Gasteiger partial charge in [-0.05, 0) is 62.8 Å². The van der Waals surface area contributed by atoms with Gasteiger partial charge in [0.15, 0.2) is 11.4 Å². The number of hydrogen-bond acceptors (Lipinski definition) is 8. The SMILES string of the molecule is C=CC(=O)N1CCCC(CC(=O)c2cccc(Nc3nc(OC4CCN(C)CC4)nc4c(C(C)C)cnn34)c2)C1. The van der Waals surface area contributed by atoms with Crippen LogP contribution in [0.1, 0.15) is 67.8 Å². The molecule has 0 spiro atoms. The first kappa shape index (κ1) is 27.8. The van der Waals surface area contributed by atoms with E-state index >= 15 is 0 Å². The van der Waals surface area contributed by atoms with E-state index < -0.39 is 0 Å². The molecule has 212 valence electrons. The number of carbonyl (C=O) groups is 2.